The Labute approximate surface area is 201 Å². The Morgan fingerprint density at radius 3 is 2.29 bits per heavy atom. The lowest BCUT2D eigenvalue weighted by atomic mass is 10.1. The highest BCUT2D eigenvalue weighted by Gasteiger charge is 2.32. The van der Waals surface area contributed by atoms with Crippen molar-refractivity contribution in [1.82, 2.24) is 0 Å². The second-order valence-electron chi connectivity index (χ2n) is 7.55. The molecule has 1 amide bonds. The van der Waals surface area contributed by atoms with Gasteiger partial charge in [-0.3, -0.25) is 9.10 Å². The van der Waals surface area contributed by atoms with Gasteiger partial charge in [0.05, 0.1) is 26.9 Å². The van der Waals surface area contributed by atoms with E-state index in [9.17, 15) is 26.4 Å². The summed E-state index contributed by atoms with van der Waals surface area (Å²) in [6.45, 7) is 2.99. The number of carbonyl (C=O) groups excluding carboxylic acids is 1. The van der Waals surface area contributed by atoms with E-state index >= 15 is 0 Å². The van der Waals surface area contributed by atoms with Crippen LogP contribution in [0.4, 0.5) is 24.5 Å². The molecule has 0 saturated carbocycles. The van der Waals surface area contributed by atoms with E-state index < -0.39 is 34.2 Å². The van der Waals surface area contributed by atoms with Gasteiger partial charge in [-0.25, -0.2) is 8.42 Å². The van der Waals surface area contributed by atoms with Gasteiger partial charge in [0.25, 0.3) is 10.0 Å². The Morgan fingerprint density at radius 2 is 1.68 bits per heavy atom. The van der Waals surface area contributed by atoms with Crippen LogP contribution < -0.4 is 9.62 Å². The Bertz CT molecular complexity index is 1290. The van der Waals surface area contributed by atoms with Gasteiger partial charge in [0.15, 0.2) is 0 Å². The summed E-state index contributed by atoms with van der Waals surface area (Å²) in [4.78, 5) is 12.9. The molecular formula is C24H22ClF3N2O3S. The smallest absolute Gasteiger partial charge is 0.323 e. The van der Waals surface area contributed by atoms with Gasteiger partial charge in [0.2, 0.25) is 5.91 Å². The Hall–Kier alpha value is -3.04. The fraction of sp³-hybridized carbons (Fsp3) is 0.208. The third-order valence-corrected chi connectivity index (χ3v) is 7.21. The Balaban J connectivity index is 2.00. The third-order valence-electron chi connectivity index (χ3n) is 5.11. The molecule has 0 heterocycles. The molecule has 0 bridgehead atoms. The van der Waals surface area contributed by atoms with Crippen LogP contribution in [-0.2, 0) is 27.4 Å². The summed E-state index contributed by atoms with van der Waals surface area (Å²) < 4.78 is 67.2. The number of alkyl halides is 3. The number of benzene rings is 3. The highest BCUT2D eigenvalue weighted by atomic mass is 35.5. The number of para-hydroxylation sites is 1. The molecule has 0 atom stereocenters. The summed E-state index contributed by atoms with van der Waals surface area (Å²) in [6.07, 6.45) is -4.14. The number of halogens is 4. The number of sulfonamides is 1. The van der Waals surface area contributed by atoms with Gasteiger partial charge in [-0.15, -0.1) is 0 Å². The van der Waals surface area contributed by atoms with Crippen LogP contribution >= 0.6 is 11.6 Å². The van der Waals surface area contributed by atoms with E-state index in [1.807, 2.05) is 13.8 Å². The van der Waals surface area contributed by atoms with Gasteiger partial charge in [0.1, 0.15) is 6.54 Å². The molecule has 34 heavy (non-hydrogen) atoms. The minimum atomic E-state index is -4.63. The maximum atomic E-state index is 13.5. The average molecular weight is 511 g/mol. The van der Waals surface area contributed by atoms with E-state index in [4.69, 9.17) is 11.6 Å². The first-order valence-electron chi connectivity index (χ1n) is 10.3. The number of nitrogens with zero attached hydrogens (tertiary/aromatic N) is 1. The van der Waals surface area contributed by atoms with Crippen LogP contribution in [-0.4, -0.2) is 20.9 Å². The fourth-order valence-electron chi connectivity index (χ4n) is 3.31. The van der Waals surface area contributed by atoms with Gasteiger partial charge in [-0.1, -0.05) is 54.4 Å². The second-order valence-corrected chi connectivity index (χ2v) is 9.82. The zero-order valence-corrected chi connectivity index (χ0v) is 19.9. The number of amides is 1. The predicted molar refractivity (Wildman–Crippen MR) is 127 cm³/mol. The van der Waals surface area contributed by atoms with Gasteiger partial charge in [0, 0.05) is 0 Å². The molecule has 0 aliphatic rings. The fourth-order valence-corrected chi connectivity index (χ4v) is 4.93. The molecular weight excluding hydrogens is 489 g/mol. The first-order chi connectivity index (χ1) is 15.9. The monoisotopic (exact) mass is 510 g/mol. The van der Waals surface area contributed by atoms with Gasteiger partial charge in [-0.2, -0.15) is 13.2 Å². The number of carbonyl (C=O) groups is 1. The van der Waals surface area contributed by atoms with Crippen LogP contribution in [0.15, 0.2) is 71.6 Å². The van der Waals surface area contributed by atoms with Crippen molar-refractivity contribution in [2.24, 2.45) is 0 Å². The predicted octanol–water partition coefficient (Wildman–Crippen LogP) is 6.06. The summed E-state index contributed by atoms with van der Waals surface area (Å²) >= 11 is 5.98. The van der Waals surface area contributed by atoms with Crippen LogP contribution in [0.5, 0.6) is 0 Å². The summed E-state index contributed by atoms with van der Waals surface area (Å²) in [5.74, 6) is -0.845. The molecule has 3 aromatic carbocycles. The largest absolute Gasteiger partial charge is 0.416 e. The molecule has 3 aromatic rings. The van der Waals surface area contributed by atoms with E-state index in [2.05, 4.69) is 5.32 Å². The molecule has 1 N–H and O–H groups in total. The lowest BCUT2D eigenvalue weighted by Gasteiger charge is -2.26. The van der Waals surface area contributed by atoms with Crippen molar-refractivity contribution in [2.45, 2.75) is 31.3 Å². The summed E-state index contributed by atoms with van der Waals surface area (Å²) in [7, 11) is -4.17. The molecule has 0 saturated heterocycles. The molecule has 0 aromatic heterocycles. The molecule has 0 radical (unpaired) electrons. The van der Waals surface area contributed by atoms with Crippen molar-refractivity contribution in [3.63, 3.8) is 0 Å². The van der Waals surface area contributed by atoms with Crippen LogP contribution in [0.2, 0.25) is 5.02 Å². The molecule has 0 fully saturated rings. The van der Waals surface area contributed by atoms with E-state index in [1.165, 1.54) is 12.1 Å². The van der Waals surface area contributed by atoms with Gasteiger partial charge >= 0.3 is 6.18 Å². The van der Waals surface area contributed by atoms with Crippen molar-refractivity contribution in [3.05, 3.63) is 88.4 Å². The number of rotatable bonds is 7. The molecule has 0 aliphatic carbocycles. The first kappa shape index (κ1) is 25.6. The molecule has 3 rings (SSSR count). The average Bonchev–Trinajstić information content (AvgIpc) is 2.78. The zero-order valence-electron chi connectivity index (χ0n) is 18.4. The van der Waals surface area contributed by atoms with Crippen LogP contribution in [0, 0.1) is 6.92 Å². The van der Waals surface area contributed by atoms with Crippen LogP contribution in [0.3, 0.4) is 0 Å². The number of hydrogen-bond acceptors (Lipinski definition) is 3. The maximum Gasteiger partial charge on any atom is 0.416 e. The maximum absolute atomic E-state index is 13.5. The zero-order chi connectivity index (χ0) is 25.1. The van der Waals surface area contributed by atoms with Crippen molar-refractivity contribution < 1.29 is 26.4 Å². The molecule has 0 spiro atoms. The van der Waals surface area contributed by atoms with Crippen molar-refractivity contribution in [1.29, 1.82) is 0 Å². The Morgan fingerprint density at radius 1 is 1.03 bits per heavy atom. The van der Waals surface area contributed by atoms with Crippen LogP contribution in [0.1, 0.15) is 23.6 Å². The van der Waals surface area contributed by atoms with E-state index in [-0.39, 0.29) is 15.6 Å². The highest BCUT2D eigenvalue weighted by molar-refractivity contribution is 7.92. The number of aryl methyl sites for hydroxylation is 2. The first-order valence-corrected chi connectivity index (χ1v) is 12.1. The lowest BCUT2D eigenvalue weighted by Crippen LogP contribution is -2.38. The molecule has 0 aliphatic heterocycles. The summed E-state index contributed by atoms with van der Waals surface area (Å²) in [6, 6.07) is 15.4. The SMILES string of the molecule is CCc1ccccc1N(CC(=O)Nc1cc(C(F)(F)F)ccc1Cl)S(=O)(=O)c1ccc(C)cc1. The topological polar surface area (TPSA) is 66.5 Å². The van der Waals surface area contributed by atoms with E-state index in [1.54, 1.807) is 36.4 Å². The van der Waals surface area contributed by atoms with Crippen molar-refractivity contribution in [2.75, 3.05) is 16.2 Å². The normalized spacial score (nSPS) is 11.8. The van der Waals surface area contributed by atoms with Crippen molar-refractivity contribution >= 4 is 38.9 Å². The number of nitrogens with one attached hydrogen (secondary N) is 1. The summed E-state index contributed by atoms with van der Waals surface area (Å²) in [5, 5.41) is 2.21. The number of hydrogen-bond donors (Lipinski definition) is 1. The van der Waals surface area contributed by atoms with Gasteiger partial charge in [-0.05, 0) is 55.3 Å². The second kappa shape index (κ2) is 10.1. The minimum absolute atomic E-state index is 0.0195. The van der Waals surface area contributed by atoms with Gasteiger partial charge < -0.3 is 5.32 Å². The van der Waals surface area contributed by atoms with E-state index in [0.717, 1.165) is 22.0 Å². The molecule has 180 valence electrons. The minimum Gasteiger partial charge on any atom is -0.323 e. The quantitative estimate of drug-likeness (QED) is 0.420. The van der Waals surface area contributed by atoms with Crippen molar-refractivity contribution in [3.8, 4) is 0 Å². The molecule has 5 nitrogen and oxygen atoms in total. The highest BCUT2D eigenvalue weighted by Crippen LogP contribution is 2.34. The Kier molecular flexibility index (Phi) is 7.57. The van der Waals surface area contributed by atoms with E-state index in [0.29, 0.717) is 23.7 Å². The molecule has 10 heteroatoms. The number of anilines is 2. The lowest BCUT2D eigenvalue weighted by molar-refractivity contribution is -0.137. The standard InChI is InChI=1S/C24H22ClF3N2O3S/c1-3-17-6-4-5-7-22(17)30(34(32,33)19-11-8-16(2)9-12-19)15-23(31)29-21-14-18(24(26,27)28)10-13-20(21)25/h4-14H,3,15H2,1-2H3,(H,29,31). The third kappa shape index (κ3) is 5.71. The molecule has 0 unspecified atom stereocenters. The summed E-state index contributed by atoms with van der Waals surface area (Å²) in [5.41, 5.74) is 0.584. The van der Waals surface area contributed by atoms with Crippen LogP contribution in [0.25, 0.3) is 0 Å².